The molecule has 3 nitrogen and oxygen atoms in total. The fourth-order valence-corrected chi connectivity index (χ4v) is 4.23. The summed E-state index contributed by atoms with van der Waals surface area (Å²) in [7, 11) is 2.06. The Bertz CT molecular complexity index is 423. The Morgan fingerprint density at radius 3 is 3.00 bits per heavy atom. The van der Waals surface area contributed by atoms with E-state index in [1.807, 2.05) is 11.8 Å². The van der Waals surface area contributed by atoms with Crippen LogP contribution in [0.15, 0.2) is 29.2 Å². The molecule has 0 aromatic heterocycles. The zero-order chi connectivity index (χ0) is 12.5. The second-order valence-corrected chi connectivity index (χ2v) is 6.29. The van der Waals surface area contributed by atoms with Crippen LogP contribution in [0, 0.1) is 5.92 Å². The fraction of sp³-hybridized carbons (Fsp3) is 0.571. The van der Waals surface area contributed by atoms with E-state index in [0.29, 0.717) is 17.5 Å². The number of piperidine rings is 1. The number of nitrogens with one attached hydrogen (secondary N) is 2. The number of fused-ring (bicyclic) bond motifs is 1. The Morgan fingerprint density at radius 1 is 1.39 bits per heavy atom. The summed E-state index contributed by atoms with van der Waals surface area (Å²) in [4.78, 5) is 3.99. The normalized spacial score (nSPS) is 31.4. The predicted octanol–water partition coefficient (Wildman–Crippen LogP) is 2.10. The van der Waals surface area contributed by atoms with Gasteiger partial charge >= 0.3 is 0 Å². The fourth-order valence-electron chi connectivity index (χ4n) is 3.04. The summed E-state index contributed by atoms with van der Waals surface area (Å²) in [6.07, 6.45) is 1.23. The van der Waals surface area contributed by atoms with Crippen LogP contribution in [0.3, 0.4) is 0 Å². The highest BCUT2D eigenvalue weighted by Crippen LogP contribution is 2.44. The first-order valence-electron chi connectivity index (χ1n) is 6.73. The van der Waals surface area contributed by atoms with Gasteiger partial charge in [0.05, 0.1) is 5.69 Å². The van der Waals surface area contributed by atoms with E-state index in [2.05, 4.69) is 53.8 Å². The molecule has 0 spiro atoms. The van der Waals surface area contributed by atoms with E-state index >= 15 is 0 Å². The van der Waals surface area contributed by atoms with Gasteiger partial charge in [-0.05, 0) is 44.6 Å². The molecule has 2 heterocycles. The smallest absolute Gasteiger partial charge is 0.132 e. The third-order valence-electron chi connectivity index (χ3n) is 3.98. The van der Waals surface area contributed by atoms with Gasteiger partial charge in [0.2, 0.25) is 0 Å². The molecule has 2 aliphatic heterocycles. The lowest BCUT2D eigenvalue weighted by Crippen LogP contribution is -2.53. The highest BCUT2D eigenvalue weighted by molar-refractivity contribution is 8.00. The van der Waals surface area contributed by atoms with Crippen molar-refractivity contribution in [3.63, 3.8) is 0 Å². The average Bonchev–Trinajstić information content (AvgIpc) is 2.78. The Labute approximate surface area is 113 Å². The molecular formula is C14H21N3S. The zero-order valence-corrected chi connectivity index (χ0v) is 11.8. The largest absolute Gasteiger partial charge is 0.343 e. The van der Waals surface area contributed by atoms with Crippen molar-refractivity contribution in [1.82, 2.24) is 10.6 Å². The SMILES string of the molecule is CNC1Sc2ccccc2N1C1CCNCC1C. The summed E-state index contributed by atoms with van der Waals surface area (Å²) in [5, 5.41) is 6.94. The molecule has 3 unspecified atom stereocenters. The van der Waals surface area contributed by atoms with Gasteiger partial charge < -0.3 is 10.2 Å². The lowest BCUT2D eigenvalue weighted by Gasteiger charge is -2.41. The summed E-state index contributed by atoms with van der Waals surface area (Å²) >= 11 is 1.93. The van der Waals surface area contributed by atoms with Crippen LogP contribution in [0.1, 0.15) is 13.3 Å². The van der Waals surface area contributed by atoms with Crippen LogP contribution in [0.4, 0.5) is 5.69 Å². The molecule has 2 N–H and O–H groups in total. The van der Waals surface area contributed by atoms with Crippen molar-refractivity contribution in [3.8, 4) is 0 Å². The number of anilines is 1. The number of thioether (sulfide) groups is 1. The van der Waals surface area contributed by atoms with Crippen LogP contribution in [0.5, 0.6) is 0 Å². The van der Waals surface area contributed by atoms with Gasteiger partial charge in [0.1, 0.15) is 5.50 Å². The number of nitrogens with zero attached hydrogens (tertiary/aromatic N) is 1. The molecule has 0 bridgehead atoms. The van der Waals surface area contributed by atoms with Crippen LogP contribution >= 0.6 is 11.8 Å². The van der Waals surface area contributed by atoms with Gasteiger partial charge in [-0.25, -0.2) is 0 Å². The van der Waals surface area contributed by atoms with Crippen LogP contribution in [-0.2, 0) is 0 Å². The molecule has 1 saturated heterocycles. The van der Waals surface area contributed by atoms with Crippen molar-refractivity contribution in [2.24, 2.45) is 5.92 Å². The van der Waals surface area contributed by atoms with Crippen molar-refractivity contribution in [2.45, 2.75) is 29.8 Å². The molecule has 2 aliphatic rings. The predicted molar refractivity (Wildman–Crippen MR) is 78.1 cm³/mol. The quantitative estimate of drug-likeness (QED) is 0.854. The van der Waals surface area contributed by atoms with Crippen molar-refractivity contribution in [3.05, 3.63) is 24.3 Å². The van der Waals surface area contributed by atoms with Gasteiger partial charge in [-0.15, -0.1) is 0 Å². The molecule has 0 saturated carbocycles. The van der Waals surface area contributed by atoms with Crippen molar-refractivity contribution in [2.75, 3.05) is 25.0 Å². The summed E-state index contributed by atoms with van der Waals surface area (Å²) in [6.45, 7) is 4.62. The minimum atomic E-state index is 0.382. The molecular weight excluding hydrogens is 242 g/mol. The molecule has 1 aromatic rings. The Morgan fingerprint density at radius 2 is 2.22 bits per heavy atom. The van der Waals surface area contributed by atoms with Gasteiger partial charge in [-0.3, -0.25) is 5.32 Å². The molecule has 18 heavy (non-hydrogen) atoms. The van der Waals surface area contributed by atoms with Crippen LogP contribution in [0.2, 0.25) is 0 Å². The topological polar surface area (TPSA) is 27.3 Å². The Hall–Kier alpha value is -0.710. The van der Waals surface area contributed by atoms with Crippen LogP contribution in [-0.4, -0.2) is 31.7 Å². The zero-order valence-electron chi connectivity index (χ0n) is 11.0. The molecule has 4 heteroatoms. The summed E-state index contributed by atoms with van der Waals surface area (Å²) in [6, 6.07) is 9.41. The highest BCUT2D eigenvalue weighted by Gasteiger charge is 2.37. The minimum absolute atomic E-state index is 0.382. The molecule has 1 fully saturated rings. The van der Waals surface area contributed by atoms with E-state index in [9.17, 15) is 0 Å². The Balaban J connectivity index is 1.92. The number of para-hydroxylation sites is 1. The first-order valence-corrected chi connectivity index (χ1v) is 7.61. The third kappa shape index (κ3) is 2.02. The first-order chi connectivity index (χ1) is 8.81. The first kappa shape index (κ1) is 12.3. The van der Waals surface area contributed by atoms with Gasteiger partial charge in [-0.1, -0.05) is 30.8 Å². The maximum Gasteiger partial charge on any atom is 0.132 e. The van der Waals surface area contributed by atoms with E-state index in [-0.39, 0.29) is 0 Å². The molecule has 98 valence electrons. The van der Waals surface area contributed by atoms with E-state index in [1.54, 1.807) is 0 Å². The molecule has 0 amide bonds. The van der Waals surface area contributed by atoms with Crippen LogP contribution in [0.25, 0.3) is 0 Å². The second-order valence-electron chi connectivity index (χ2n) is 5.17. The summed E-state index contributed by atoms with van der Waals surface area (Å²) in [5.74, 6) is 0.696. The maximum atomic E-state index is 3.49. The van der Waals surface area contributed by atoms with Gasteiger partial charge in [0.15, 0.2) is 0 Å². The molecule has 0 aliphatic carbocycles. The molecule has 0 radical (unpaired) electrons. The number of hydrogen-bond donors (Lipinski definition) is 2. The van der Waals surface area contributed by atoms with Gasteiger partial charge in [-0.2, -0.15) is 0 Å². The number of benzene rings is 1. The van der Waals surface area contributed by atoms with E-state index < -0.39 is 0 Å². The van der Waals surface area contributed by atoms with Gasteiger partial charge in [0.25, 0.3) is 0 Å². The van der Waals surface area contributed by atoms with Crippen molar-refractivity contribution < 1.29 is 0 Å². The number of hydrogen-bond acceptors (Lipinski definition) is 4. The van der Waals surface area contributed by atoms with Crippen LogP contribution < -0.4 is 15.5 Å². The van der Waals surface area contributed by atoms with Crippen molar-refractivity contribution >= 4 is 17.4 Å². The van der Waals surface area contributed by atoms with E-state index in [1.165, 1.54) is 17.0 Å². The summed E-state index contributed by atoms with van der Waals surface area (Å²) < 4.78 is 0. The lowest BCUT2D eigenvalue weighted by atomic mass is 9.93. The van der Waals surface area contributed by atoms with Gasteiger partial charge in [0, 0.05) is 10.9 Å². The standard InChI is InChI=1S/C14H21N3S/c1-10-9-16-8-7-11(10)17-12-5-3-4-6-13(12)18-14(17)15-2/h3-6,10-11,14-16H,7-9H2,1-2H3. The Kier molecular flexibility index (Phi) is 3.50. The minimum Gasteiger partial charge on any atom is -0.343 e. The third-order valence-corrected chi connectivity index (χ3v) is 5.26. The molecule has 3 atom stereocenters. The van der Waals surface area contributed by atoms with E-state index in [0.717, 1.165) is 13.1 Å². The average molecular weight is 263 g/mol. The molecule has 1 aromatic carbocycles. The molecule has 3 rings (SSSR count). The maximum absolute atomic E-state index is 3.49. The highest BCUT2D eigenvalue weighted by atomic mass is 32.2. The summed E-state index contributed by atoms with van der Waals surface area (Å²) in [5.41, 5.74) is 1.79. The number of rotatable bonds is 2. The second kappa shape index (κ2) is 5.11. The monoisotopic (exact) mass is 263 g/mol. The lowest BCUT2D eigenvalue weighted by molar-refractivity contribution is 0.323. The van der Waals surface area contributed by atoms with E-state index in [4.69, 9.17) is 0 Å². The van der Waals surface area contributed by atoms with Crippen molar-refractivity contribution in [1.29, 1.82) is 0 Å².